The molecule has 110 valence electrons. The Morgan fingerprint density at radius 2 is 1.95 bits per heavy atom. The summed E-state index contributed by atoms with van der Waals surface area (Å²) in [6.07, 6.45) is -0.586. The molecule has 0 saturated carbocycles. The summed E-state index contributed by atoms with van der Waals surface area (Å²) in [6.45, 7) is 1.59. The van der Waals surface area contributed by atoms with Crippen molar-refractivity contribution < 1.29 is 27.9 Å². The summed E-state index contributed by atoms with van der Waals surface area (Å²) in [6, 6.07) is 4.56. The molecule has 0 radical (unpaired) electrons. The predicted molar refractivity (Wildman–Crippen MR) is 69.6 cm³/mol. The summed E-state index contributed by atoms with van der Waals surface area (Å²) < 4.78 is 30.5. The van der Waals surface area contributed by atoms with Gasteiger partial charge in [0.1, 0.15) is 6.04 Å². The summed E-state index contributed by atoms with van der Waals surface area (Å²) in [4.78, 5) is 22.1. The molecule has 0 spiro atoms. The molecular formula is C12H15NO6S. The summed E-state index contributed by atoms with van der Waals surface area (Å²) >= 11 is 0. The smallest absolute Gasteiger partial charge is 0.322 e. The molecule has 0 aliphatic carbocycles. The van der Waals surface area contributed by atoms with Crippen molar-refractivity contribution in [2.75, 3.05) is 7.11 Å². The van der Waals surface area contributed by atoms with E-state index in [0.29, 0.717) is 5.56 Å². The molecule has 0 fully saturated rings. The second kappa shape index (κ2) is 6.49. The molecule has 1 atom stereocenters. The van der Waals surface area contributed by atoms with E-state index >= 15 is 0 Å². The second-order valence-electron chi connectivity index (χ2n) is 4.06. The number of benzene rings is 1. The quantitative estimate of drug-likeness (QED) is 0.731. The average molecular weight is 301 g/mol. The third kappa shape index (κ3) is 4.04. The number of hydrogen-bond donors (Lipinski definition) is 2. The molecule has 0 aliphatic heterocycles. The number of carboxylic acid groups (broad SMARTS) is 1. The van der Waals surface area contributed by atoms with Gasteiger partial charge in [0.2, 0.25) is 10.0 Å². The normalized spacial score (nSPS) is 12.7. The maximum atomic E-state index is 12.1. The van der Waals surface area contributed by atoms with Crippen molar-refractivity contribution in [2.24, 2.45) is 0 Å². The van der Waals surface area contributed by atoms with Gasteiger partial charge in [0.25, 0.3) is 0 Å². The van der Waals surface area contributed by atoms with Crippen molar-refractivity contribution in [3.05, 3.63) is 29.8 Å². The SMILES string of the molecule is COC(=O)C[C@H](NS(=O)(=O)c1ccccc1C)C(=O)O. The van der Waals surface area contributed by atoms with E-state index in [0.717, 1.165) is 7.11 Å². The molecule has 20 heavy (non-hydrogen) atoms. The fourth-order valence-corrected chi connectivity index (χ4v) is 2.97. The summed E-state index contributed by atoms with van der Waals surface area (Å²) in [5.41, 5.74) is 0.474. The Bertz CT molecular complexity index is 610. The fourth-order valence-electron chi connectivity index (χ4n) is 1.54. The highest BCUT2D eigenvalue weighted by atomic mass is 32.2. The first-order valence-electron chi connectivity index (χ1n) is 5.65. The molecule has 0 heterocycles. The third-order valence-electron chi connectivity index (χ3n) is 2.58. The number of methoxy groups -OCH3 is 1. The van der Waals surface area contributed by atoms with Gasteiger partial charge < -0.3 is 9.84 Å². The number of ether oxygens (including phenoxy) is 1. The average Bonchev–Trinajstić information content (AvgIpc) is 2.37. The zero-order valence-corrected chi connectivity index (χ0v) is 11.8. The Hall–Kier alpha value is -1.93. The Labute approximate surface area is 116 Å². The van der Waals surface area contributed by atoms with E-state index in [1.807, 2.05) is 4.72 Å². The van der Waals surface area contributed by atoms with Crippen LogP contribution >= 0.6 is 0 Å². The van der Waals surface area contributed by atoms with Crippen LogP contribution in [0.5, 0.6) is 0 Å². The Morgan fingerprint density at radius 1 is 1.35 bits per heavy atom. The van der Waals surface area contributed by atoms with Gasteiger partial charge in [-0.3, -0.25) is 9.59 Å². The van der Waals surface area contributed by atoms with Gasteiger partial charge in [-0.15, -0.1) is 0 Å². The predicted octanol–water partition coefficient (Wildman–Crippen LogP) is 0.290. The molecular weight excluding hydrogens is 286 g/mol. The van der Waals surface area contributed by atoms with Crippen LogP contribution in [-0.2, 0) is 24.3 Å². The zero-order chi connectivity index (χ0) is 15.3. The molecule has 0 saturated heterocycles. The number of esters is 1. The first-order valence-corrected chi connectivity index (χ1v) is 7.14. The lowest BCUT2D eigenvalue weighted by Crippen LogP contribution is -2.42. The molecule has 0 aromatic heterocycles. The summed E-state index contributed by atoms with van der Waals surface area (Å²) in [5.74, 6) is -2.27. The van der Waals surface area contributed by atoms with Gasteiger partial charge in [0.15, 0.2) is 0 Å². The highest BCUT2D eigenvalue weighted by Gasteiger charge is 2.28. The topological polar surface area (TPSA) is 110 Å². The molecule has 8 heteroatoms. The Balaban J connectivity index is 3.01. The van der Waals surface area contributed by atoms with Gasteiger partial charge in [-0.25, -0.2) is 8.42 Å². The van der Waals surface area contributed by atoms with Crippen LogP contribution in [0.1, 0.15) is 12.0 Å². The number of nitrogens with one attached hydrogen (secondary N) is 1. The van der Waals surface area contributed by atoms with E-state index in [1.165, 1.54) is 12.1 Å². The van der Waals surface area contributed by atoms with Crippen LogP contribution in [-0.4, -0.2) is 38.6 Å². The van der Waals surface area contributed by atoms with E-state index in [9.17, 15) is 18.0 Å². The maximum absolute atomic E-state index is 12.1. The molecule has 0 aliphatic rings. The van der Waals surface area contributed by atoms with Gasteiger partial charge in [0, 0.05) is 0 Å². The molecule has 2 N–H and O–H groups in total. The van der Waals surface area contributed by atoms with Crippen molar-refractivity contribution in [3.63, 3.8) is 0 Å². The van der Waals surface area contributed by atoms with Gasteiger partial charge in [-0.1, -0.05) is 18.2 Å². The Morgan fingerprint density at radius 3 is 2.45 bits per heavy atom. The minimum atomic E-state index is -4.03. The van der Waals surface area contributed by atoms with Gasteiger partial charge >= 0.3 is 11.9 Å². The zero-order valence-electron chi connectivity index (χ0n) is 11.0. The van der Waals surface area contributed by atoms with E-state index < -0.39 is 34.4 Å². The number of carbonyl (C=O) groups excluding carboxylic acids is 1. The third-order valence-corrected chi connectivity index (χ3v) is 4.21. The van der Waals surface area contributed by atoms with Crippen LogP contribution in [0.25, 0.3) is 0 Å². The first kappa shape index (κ1) is 16.1. The molecule has 1 aromatic carbocycles. The van der Waals surface area contributed by atoms with Crippen LogP contribution < -0.4 is 4.72 Å². The minimum absolute atomic E-state index is 0.0314. The van der Waals surface area contributed by atoms with Gasteiger partial charge in [-0.05, 0) is 18.6 Å². The summed E-state index contributed by atoms with van der Waals surface area (Å²) in [5, 5.41) is 8.96. The number of hydrogen-bond acceptors (Lipinski definition) is 5. The highest BCUT2D eigenvalue weighted by molar-refractivity contribution is 7.89. The number of aryl methyl sites for hydroxylation is 1. The van der Waals surface area contributed by atoms with Crippen molar-refractivity contribution >= 4 is 22.0 Å². The van der Waals surface area contributed by atoms with Gasteiger partial charge in [-0.2, -0.15) is 4.72 Å². The number of sulfonamides is 1. The number of carbonyl (C=O) groups is 2. The lowest BCUT2D eigenvalue weighted by molar-refractivity contribution is -0.147. The minimum Gasteiger partial charge on any atom is -0.480 e. The van der Waals surface area contributed by atoms with E-state index in [1.54, 1.807) is 19.1 Å². The highest BCUT2D eigenvalue weighted by Crippen LogP contribution is 2.15. The van der Waals surface area contributed by atoms with E-state index in [4.69, 9.17) is 5.11 Å². The molecule has 0 unspecified atom stereocenters. The van der Waals surface area contributed by atoms with Crippen molar-refractivity contribution in [1.82, 2.24) is 4.72 Å². The number of aliphatic carboxylic acids is 1. The lowest BCUT2D eigenvalue weighted by Gasteiger charge is -2.14. The van der Waals surface area contributed by atoms with Crippen LogP contribution in [0.3, 0.4) is 0 Å². The Kier molecular flexibility index (Phi) is 5.23. The summed E-state index contributed by atoms with van der Waals surface area (Å²) in [7, 11) is -2.93. The molecule has 1 aromatic rings. The number of rotatable bonds is 6. The largest absolute Gasteiger partial charge is 0.480 e. The molecule has 0 bridgehead atoms. The second-order valence-corrected chi connectivity index (χ2v) is 5.74. The lowest BCUT2D eigenvalue weighted by atomic mass is 10.2. The van der Waals surface area contributed by atoms with Crippen LogP contribution in [0.4, 0.5) is 0 Å². The number of carboxylic acids is 1. The maximum Gasteiger partial charge on any atom is 0.322 e. The standard InChI is InChI=1S/C12H15NO6S/c1-8-5-3-4-6-10(8)20(17,18)13-9(12(15)16)7-11(14)19-2/h3-6,9,13H,7H2,1-2H3,(H,15,16)/t9-/m0/s1. The van der Waals surface area contributed by atoms with Crippen molar-refractivity contribution in [3.8, 4) is 0 Å². The monoisotopic (exact) mass is 301 g/mol. The van der Waals surface area contributed by atoms with Crippen LogP contribution in [0.15, 0.2) is 29.2 Å². The molecule has 1 rings (SSSR count). The van der Waals surface area contributed by atoms with E-state index in [2.05, 4.69) is 4.74 Å². The molecule has 0 amide bonds. The fraction of sp³-hybridized carbons (Fsp3) is 0.333. The van der Waals surface area contributed by atoms with Crippen molar-refractivity contribution in [1.29, 1.82) is 0 Å². The van der Waals surface area contributed by atoms with E-state index in [-0.39, 0.29) is 4.90 Å². The van der Waals surface area contributed by atoms with Gasteiger partial charge in [0.05, 0.1) is 18.4 Å². The van der Waals surface area contributed by atoms with Crippen molar-refractivity contribution in [2.45, 2.75) is 24.3 Å². The van der Waals surface area contributed by atoms with Crippen LogP contribution in [0.2, 0.25) is 0 Å². The molecule has 7 nitrogen and oxygen atoms in total. The van der Waals surface area contributed by atoms with Crippen LogP contribution in [0, 0.1) is 6.92 Å². The first-order chi connectivity index (χ1) is 9.27.